The van der Waals surface area contributed by atoms with Crippen molar-refractivity contribution in [2.24, 2.45) is 0 Å². The first-order valence-electron chi connectivity index (χ1n) is 14.4. The molecule has 0 spiro atoms. The van der Waals surface area contributed by atoms with Gasteiger partial charge in [-0.25, -0.2) is 14.8 Å². The van der Waals surface area contributed by atoms with Crippen molar-refractivity contribution in [2.75, 3.05) is 6.61 Å². The van der Waals surface area contributed by atoms with Gasteiger partial charge in [-0.1, -0.05) is 69.0 Å². The lowest BCUT2D eigenvalue weighted by molar-refractivity contribution is -0.139. The Bertz CT molecular complexity index is 1580. The topological polar surface area (TPSA) is 145 Å². The molecule has 230 valence electrons. The molecule has 0 radical (unpaired) electrons. The van der Waals surface area contributed by atoms with Gasteiger partial charge in [0.2, 0.25) is 0 Å². The first-order valence-corrected chi connectivity index (χ1v) is 15.5. The third-order valence-corrected chi connectivity index (χ3v) is 7.27. The number of hydrogen-bond acceptors (Lipinski definition) is 8. The maximum Gasteiger partial charge on any atom is 0.326 e. The number of hydrogen-bond donors (Lipinski definition) is 3. The molecule has 2 N–H and O–H groups in total. The Morgan fingerprint density at radius 3 is 2.02 bits per heavy atom. The average Bonchev–Trinajstić information content (AvgIpc) is 3.03. The molecule has 4 aromatic rings. The van der Waals surface area contributed by atoms with Crippen LogP contribution in [-0.2, 0) is 22.2 Å². The summed E-state index contributed by atoms with van der Waals surface area (Å²) in [5.74, 6) is -0.380. The summed E-state index contributed by atoms with van der Waals surface area (Å²) in [6.07, 6.45) is 9.55. The molecule has 0 bridgehead atoms. The number of amides is 1. The second-order valence-electron chi connectivity index (χ2n) is 10.2. The second kappa shape index (κ2) is 16.2. The van der Waals surface area contributed by atoms with Gasteiger partial charge in [0.05, 0.1) is 6.61 Å². The van der Waals surface area contributed by atoms with E-state index >= 15 is 0 Å². The number of thiol groups is 1. The molecule has 0 saturated carbocycles. The van der Waals surface area contributed by atoms with E-state index < -0.39 is 28.9 Å². The molecule has 4 rings (SSSR count). The maximum atomic E-state index is 12.6. The van der Waals surface area contributed by atoms with E-state index in [1.807, 2.05) is 24.3 Å². The Labute approximate surface area is 258 Å². The van der Waals surface area contributed by atoms with Crippen LogP contribution in [0.2, 0.25) is 0 Å². The predicted octanol–water partition coefficient (Wildman–Crippen LogP) is 5.49. The van der Waals surface area contributed by atoms with Crippen LogP contribution < -0.4 is 14.2 Å². The van der Waals surface area contributed by atoms with Crippen LogP contribution in [0.15, 0.2) is 85.2 Å². The van der Waals surface area contributed by atoms with E-state index in [4.69, 9.17) is 4.74 Å². The minimum absolute atomic E-state index is 0.0500. The largest absolute Gasteiger partial charge is 0.494 e. The summed E-state index contributed by atoms with van der Waals surface area (Å²) in [7, 11) is -3.08. The number of carbonyl (C=O) groups excluding carboxylic acids is 1. The molecule has 44 heavy (non-hydrogen) atoms. The fraction of sp³-hybridized carbons (Fsp3) is 0.273. The van der Waals surface area contributed by atoms with Gasteiger partial charge in [-0.15, -0.1) is 0 Å². The zero-order valence-electron chi connectivity index (χ0n) is 24.3. The number of unbranched alkanes of at least 4 members (excludes halogenated alkanes) is 4. The van der Waals surface area contributed by atoms with Crippen LogP contribution in [0.1, 0.15) is 54.9 Å². The quantitative estimate of drug-likeness (QED) is 0.110. The van der Waals surface area contributed by atoms with Crippen molar-refractivity contribution < 1.29 is 32.0 Å². The van der Waals surface area contributed by atoms with Gasteiger partial charge in [0, 0.05) is 35.5 Å². The zero-order chi connectivity index (χ0) is 31.3. The standard InChI is InChI=1S/C33H35N3O7S/c1-2-3-4-5-6-19-42-28-15-11-24(12-16-28)27-21-34-31(35-22-27)25-9-7-23(8-10-25)20-30(33(38)39)36-32(37)26-13-17-29(18-14-26)43-44(40)41/h7-18,21-22,30,44H,2-6,19-20H2,1H3,(H,36,37)(H,38,39)/t30-/m0/s1. The number of ether oxygens (including phenoxy) is 1. The Hall–Kier alpha value is -4.77. The van der Waals surface area contributed by atoms with E-state index in [9.17, 15) is 23.1 Å². The molecule has 1 amide bonds. The SMILES string of the molecule is CCCCCCCOc1ccc(-c2cnc(-c3ccc(C[C@H](NC(=O)c4ccc(O[SH](=O)=O)cc4)C(=O)O)cc3)nc2)cc1. The zero-order valence-corrected chi connectivity index (χ0v) is 25.2. The molecule has 0 fully saturated rings. The number of nitrogens with zero attached hydrogens (tertiary/aromatic N) is 2. The first kappa shape index (κ1) is 32.2. The van der Waals surface area contributed by atoms with E-state index in [1.54, 1.807) is 36.7 Å². The molecule has 1 atom stereocenters. The van der Waals surface area contributed by atoms with Crippen molar-refractivity contribution in [2.45, 2.75) is 51.5 Å². The van der Waals surface area contributed by atoms with Gasteiger partial charge >= 0.3 is 5.97 Å². The van der Waals surface area contributed by atoms with Crippen LogP contribution in [0.5, 0.6) is 11.5 Å². The third kappa shape index (κ3) is 9.63. The number of aromatic nitrogens is 2. The summed E-state index contributed by atoms with van der Waals surface area (Å²) < 4.78 is 31.7. The van der Waals surface area contributed by atoms with Crippen molar-refractivity contribution >= 4 is 22.9 Å². The highest BCUT2D eigenvalue weighted by molar-refractivity contribution is 7.67. The van der Waals surface area contributed by atoms with E-state index in [-0.39, 0.29) is 17.7 Å². The molecule has 10 nitrogen and oxygen atoms in total. The summed E-state index contributed by atoms with van der Waals surface area (Å²) in [6, 6.07) is 19.2. The van der Waals surface area contributed by atoms with Crippen molar-refractivity contribution in [3.05, 3.63) is 96.3 Å². The van der Waals surface area contributed by atoms with E-state index in [2.05, 4.69) is 26.4 Å². The Kier molecular flexibility index (Phi) is 11.8. The van der Waals surface area contributed by atoms with Crippen LogP contribution in [0.4, 0.5) is 0 Å². The maximum absolute atomic E-state index is 12.6. The van der Waals surface area contributed by atoms with Gasteiger partial charge in [-0.05, 0) is 53.9 Å². The number of carbonyl (C=O) groups is 2. The number of benzene rings is 3. The van der Waals surface area contributed by atoms with Crippen LogP contribution in [0.25, 0.3) is 22.5 Å². The second-order valence-corrected chi connectivity index (χ2v) is 10.8. The molecule has 0 aliphatic heterocycles. The van der Waals surface area contributed by atoms with Gasteiger partial charge in [0.1, 0.15) is 17.5 Å². The van der Waals surface area contributed by atoms with Crippen molar-refractivity contribution in [1.29, 1.82) is 0 Å². The highest BCUT2D eigenvalue weighted by Crippen LogP contribution is 2.24. The molecule has 0 aliphatic carbocycles. The fourth-order valence-corrected chi connectivity index (χ4v) is 4.78. The van der Waals surface area contributed by atoms with E-state index in [0.29, 0.717) is 18.0 Å². The van der Waals surface area contributed by atoms with Crippen molar-refractivity contribution in [3.8, 4) is 34.0 Å². The number of nitrogens with one attached hydrogen (secondary N) is 1. The van der Waals surface area contributed by atoms with Gasteiger partial charge < -0.3 is 19.3 Å². The fourth-order valence-electron chi connectivity index (χ4n) is 4.49. The lowest BCUT2D eigenvalue weighted by Gasteiger charge is -2.15. The van der Waals surface area contributed by atoms with Crippen LogP contribution in [0.3, 0.4) is 0 Å². The summed E-state index contributed by atoms with van der Waals surface area (Å²) in [5.41, 5.74) is 3.48. The molecule has 1 heterocycles. The Morgan fingerprint density at radius 1 is 0.795 bits per heavy atom. The average molecular weight is 618 g/mol. The Balaban J connectivity index is 1.32. The third-order valence-electron chi connectivity index (χ3n) is 6.91. The summed E-state index contributed by atoms with van der Waals surface area (Å²) in [4.78, 5) is 33.5. The summed E-state index contributed by atoms with van der Waals surface area (Å²) in [6.45, 7) is 2.92. The van der Waals surface area contributed by atoms with Gasteiger partial charge in [0.15, 0.2) is 5.82 Å². The molecule has 3 aromatic carbocycles. The number of carboxylic acids is 1. The lowest BCUT2D eigenvalue weighted by atomic mass is 10.0. The minimum atomic E-state index is -3.08. The first-order chi connectivity index (χ1) is 21.3. The highest BCUT2D eigenvalue weighted by atomic mass is 32.2. The normalized spacial score (nSPS) is 11.6. The molecular formula is C33H35N3O7S. The van der Waals surface area contributed by atoms with E-state index in [0.717, 1.165) is 28.9 Å². The predicted molar refractivity (Wildman–Crippen MR) is 167 cm³/mol. The van der Waals surface area contributed by atoms with Gasteiger partial charge in [-0.2, -0.15) is 8.42 Å². The minimum Gasteiger partial charge on any atom is -0.494 e. The van der Waals surface area contributed by atoms with Crippen LogP contribution in [-0.4, -0.2) is 48.0 Å². The number of rotatable bonds is 16. The van der Waals surface area contributed by atoms with Gasteiger partial charge in [-0.3, -0.25) is 4.79 Å². The van der Waals surface area contributed by atoms with Crippen LogP contribution in [0, 0.1) is 0 Å². The van der Waals surface area contributed by atoms with Crippen LogP contribution >= 0.6 is 0 Å². The van der Waals surface area contributed by atoms with Gasteiger partial charge in [0.25, 0.3) is 16.9 Å². The van der Waals surface area contributed by atoms with Crippen molar-refractivity contribution in [3.63, 3.8) is 0 Å². The molecular weight excluding hydrogens is 582 g/mol. The Morgan fingerprint density at radius 2 is 1.41 bits per heavy atom. The lowest BCUT2D eigenvalue weighted by Crippen LogP contribution is -2.42. The summed E-state index contributed by atoms with van der Waals surface area (Å²) in [5, 5.41) is 12.2. The molecule has 0 aliphatic rings. The van der Waals surface area contributed by atoms with Crippen molar-refractivity contribution in [1.82, 2.24) is 15.3 Å². The molecule has 0 saturated heterocycles. The number of aliphatic carboxylic acids is 1. The summed E-state index contributed by atoms with van der Waals surface area (Å²) >= 11 is 0. The smallest absolute Gasteiger partial charge is 0.326 e. The molecule has 1 aromatic heterocycles. The highest BCUT2D eigenvalue weighted by Gasteiger charge is 2.21. The molecule has 11 heteroatoms. The molecule has 0 unspecified atom stereocenters. The monoisotopic (exact) mass is 617 g/mol. The van der Waals surface area contributed by atoms with E-state index in [1.165, 1.54) is 49.9 Å². The number of carboxylic acid groups (broad SMARTS) is 1.